The Labute approximate surface area is 127 Å². The van der Waals surface area contributed by atoms with Gasteiger partial charge in [-0.2, -0.15) is 0 Å². The van der Waals surface area contributed by atoms with Gasteiger partial charge in [0.1, 0.15) is 11.4 Å². The zero-order chi connectivity index (χ0) is 15.6. The van der Waals surface area contributed by atoms with Gasteiger partial charge in [0.2, 0.25) is 5.91 Å². The summed E-state index contributed by atoms with van der Waals surface area (Å²) in [7, 11) is 0. The number of nitrogens with one attached hydrogen (secondary N) is 1. The van der Waals surface area contributed by atoms with Crippen LogP contribution in [0.5, 0.6) is 5.75 Å². The number of amides is 1. The summed E-state index contributed by atoms with van der Waals surface area (Å²) in [5.74, 6) is 0.936. The molecule has 0 saturated heterocycles. The van der Waals surface area contributed by atoms with Crippen molar-refractivity contribution in [2.24, 2.45) is 11.7 Å². The monoisotopic (exact) mass is 290 g/mol. The van der Waals surface area contributed by atoms with Gasteiger partial charge in [-0.15, -0.1) is 0 Å². The quantitative estimate of drug-likeness (QED) is 0.896. The summed E-state index contributed by atoms with van der Waals surface area (Å²) in [6.07, 6.45) is 1.63. The van der Waals surface area contributed by atoms with E-state index in [1.807, 2.05) is 52.0 Å². The van der Waals surface area contributed by atoms with Crippen molar-refractivity contribution in [3.05, 3.63) is 29.8 Å². The zero-order valence-corrected chi connectivity index (χ0v) is 13.3. The molecule has 1 amide bonds. The molecule has 0 spiro atoms. The summed E-state index contributed by atoms with van der Waals surface area (Å²) in [5.41, 5.74) is 6.76. The van der Waals surface area contributed by atoms with Gasteiger partial charge in [-0.25, -0.2) is 0 Å². The summed E-state index contributed by atoms with van der Waals surface area (Å²) in [6.45, 7) is 8.13. The van der Waals surface area contributed by atoms with E-state index < -0.39 is 6.04 Å². The van der Waals surface area contributed by atoms with Gasteiger partial charge in [-0.1, -0.05) is 38.5 Å². The van der Waals surface area contributed by atoms with Gasteiger partial charge in [0.15, 0.2) is 0 Å². The molecule has 1 aromatic carbocycles. The maximum Gasteiger partial charge on any atom is 0.237 e. The molecule has 4 nitrogen and oxygen atoms in total. The predicted molar refractivity (Wildman–Crippen MR) is 84.1 cm³/mol. The number of hydrogen-bond acceptors (Lipinski definition) is 3. The average Bonchev–Trinajstić information content (AvgIpc) is 2.44. The fourth-order valence-electron chi connectivity index (χ4n) is 2.71. The second kappa shape index (κ2) is 6.06. The number of benzene rings is 1. The molecule has 1 aliphatic rings. The standard InChI is InChI=1S/C17H26N2O2/c1-5-11(2)15(18)16(20)19-13-10-17(3,4)21-14-9-7-6-8-12(13)14/h6-9,11,13,15H,5,10,18H2,1-4H3,(H,19,20). The third-order valence-electron chi connectivity index (χ3n) is 4.25. The van der Waals surface area contributed by atoms with Gasteiger partial charge in [-0.05, 0) is 25.8 Å². The Balaban J connectivity index is 2.18. The fraction of sp³-hybridized carbons (Fsp3) is 0.588. The third-order valence-corrected chi connectivity index (χ3v) is 4.25. The minimum absolute atomic E-state index is 0.0486. The molecule has 0 aromatic heterocycles. The van der Waals surface area contributed by atoms with E-state index in [0.717, 1.165) is 24.2 Å². The summed E-state index contributed by atoms with van der Waals surface area (Å²) in [5, 5.41) is 3.10. The molecule has 3 atom stereocenters. The Morgan fingerprint density at radius 2 is 2.14 bits per heavy atom. The van der Waals surface area contributed by atoms with E-state index >= 15 is 0 Å². The van der Waals surface area contributed by atoms with Crippen molar-refractivity contribution in [1.29, 1.82) is 0 Å². The number of para-hydroxylation sites is 1. The lowest BCUT2D eigenvalue weighted by Gasteiger charge is -2.38. The maximum atomic E-state index is 12.4. The van der Waals surface area contributed by atoms with E-state index in [2.05, 4.69) is 5.32 Å². The first-order valence-corrected chi connectivity index (χ1v) is 7.68. The average molecular weight is 290 g/mol. The molecule has 4 heteroatoms. The molecule has 1 heterocycles. The molecule has 3 N–H and O–H groups in total. The highest BCUT2D eigenvalue weighted by molar-refractivity contribution is 5.82. The lowest BCUT2D eigenvalue weighted by molar-refractivity contribution is -0.124. The molecule has 0 bridgehead atoms. The lowest BCUT2D eigenvalue weighted by Crippen LogP contribution is -2.48. The van der Waals surface area contributed by atoms with Crippen LogP contribution in [-0.4, -0.2) is 17.6 Å². The zero-order valence-electron chi connectivity index (χ0n) is 13.3. The van der Waals surface area contributed by atoms with Gasteiger partial charge in [0.05, 0.1) is 12.1 Å². The van der Waals surface area contributed by atoms with Crippen molar-refractivity contribution in [2.45, 2.75) is 58.2 Å². The Kier molecular flexibility index (Phi) is 4.57. The molecular formula is C17H26N2O2. The Morgan fingerprint density at radius 1 is 1.48 bits per heavy atom. The molecule has 0 aliphatic carbocycles. The number of carbonyl (C=O) groups excluding carboxylic acids is 1. The SMILES string of the molecule is CCC(C)C(N)C(=O)NC1CC(C)(C)Oc2ccccc21. The van der Waals surface area contributed by atoms with Gasteiger partial charge < -0.3 is 15.8 Å². The molecule has 3 unspecified atom stereocenters. The predicted octanol–water partition coefficient (Wildman–Crippen LogP) is 2.78. The van der Waals surface area contributed by atoms with E-state index in [9.17, 15) is 4.79 Å². The van der Waals surface area contributed by atoms with Crippen molar-refractivity contribution >= 4 is 5.91 Å². The largest absolute Gasteiger partial charge is 0.487 e. The van der Waals surface area contributed by atoms with Gasteiger partial charge in [-0.3, -0.25) is 4.79 Å². The number of fused-ring (bicyclic) bond motifs is 1. The van der Waals surface area contributed by atoms with Crippen LogP contribution in [0.4, 0.5) is 0 Å². The second-order valence-corrected chi connectivity index (χ2v) is 6.58. The number of carbonyl (C=O) groups is 1. The molecule has 21 heavy (non-hydrogen) atoms. The van der Waals surface area contributed by atoms with Crippen LogP contribution in [-0.2, 0) is 4.79 Å². The molecule has 1 aromatic rings. The summed E-state index contributed by atoms with van der Waals surface area (Å²) in [6, 6.07) is 7.35. The van der Waals surface area contributed by atoms with Crippen LogP contribution in [0.1, 0.15) is 52.1 Å². The number of ether oxygens (including phenoxy) is 1. The second-order valence-electron chi connectivity index (χ2n) is 6.58. The van der Waals surface area contributed by atoms with E-state index in [-0.39, 0.29) is 23.5 Å². The van der Waals surface area contributed by atoms with E-state index in [1.165, 1.54) is 0 Å². The Hall–Kier alpha value is -1.55. The van der Waals surface area contributed by atoms with Crippen LogP contribution < -0.4 is 15.8 Å². The van der Waals surface area contributed by atoms with Crippen LogP contribution >= 0.6 is 0 Å². The topological polar surface area (TPSA) is 64.4 Å². The fourth-order valence-corrected chi connectivity index (χ4v) is 2.71. The van der Waals surface area contributed by atoms with Crippen molar-refractivity contribution in [3.63, 3.8) is 0 Å². The first kappa shape index (κ1) is 15.8. The summed E-state index contributed by atoms with van der Waals surface area (Å²) < 4.78 is 5.98. The van der Waals surface area contributed by atoms with Crippen molar-refractivity contribution < 1.29 is 9.53 Å². The van der Waals surface area contributed by atoms with Crippen LogP contribution in [0.15, 0.2) is 24.3 Å². The normalized spacial score (nSPS) is 22.6. The molecule has 0 saturated carbocycles. The van der Waals surface area contributed by atoms with Crippen LogP contribution in [0.3, 0.4) is 0 Å². The van der Waals surface area contributed by atoms with E-state index in [1.54, 1.807) is 0 Å². The number of rotatable bonds is 4. The first-order chi connectivity index (χ1) is 9.84. The molecule has 0 radical (unpaired) electrons. The molecule has 2 rings (SSSR count). The van der Waals surface area contributed by atoms with Gasteiger partial charge >= 0.3 is 0 Å². The highest BCUT2D eigenvalue weighted by atomic mass is 16.5. The van der Waals surface area contributed by atoms with Crippen LogP contribution in [0.25, 0.3) is 0 Å². The minimum Gasteiger partial charge on any atom is -0.487 e. The third kappa shape index (κ3) is 3.56. The number of nitrogens with two attached hydrogens (primary N) is 1. The van der Waals surface area contributed by atoms with E-state index in [0.29, 0.717) is 0 Å². The summed E-state index contributed by atoms with van der Waals surface area (Å²) in [4.78, 5) is 12.4. The van der Waals surface area contributed by atoms with Crippen LogP contribution in [0, 0.1) is 5.92 Å². The highest BCUT2D eigenvalue weighted by Gasteiger charge is 2.35. The van der Waals surface area contributed by atoms with Gasteiger partial charge in [0.25, 0.3) is 0 Å². The number of hydrogen-bond donors (Lipinski definition) is 2. The van der Waals surface area contributed by atoms with E-state index in [4.69, 9.17) is 10.5 Å². The molecular weight excluding hydrogens is 264 g/mol. The Bertz CT molecular complexity index is 513. The Morgan fingerprint density at radius 3 is 2.81 bits per heavy atom. The lowest BCUT2D eigenvalue weighted by atomic mass is 9.89. The van der Waals surface area contributed by atoms with Crippen molar-refractivity contribution in [3.8, 4) is 5.75 Å². The van der Waals surface area contributed by atoms with Gasteiger partial charge in [0, 0.05) is 12.0 Å². The maximum absolute atomic E-state index is 12.4. The molecule has 116 valence electrons. The van der Waals surface area contributed by atoms with Crippen molar-refractivity contribution in [1.82, 2.24) is 5.32 Å². The molecule has 0 fully saturated rings. The highest BCUT2D eigenvalue weighted by Crippen LogP contribution is 2.39. The molecule has 1 aliphatic heterocycles. The minimum atomic E-state index is -0.465. The van der Waals surface area contributed by atoms with Crippen LogP contribution in [0.2, 0.25) is 0 Å². The van der Waals surface area contributed by atoms with Crippen molar-refractivity contribution in [2.75, 3.05) is 0 Å². The summed E-state index contributed by atoms with van der Waals surface area (Å²) >= 11 is 0. The first-order valence-electron chi connectivity index (χ1n) is 7.68. The smallest absolute Gasteiger partial charge is 0.237 e.